The van der Waals surface area contributed by atoms with Crippen molar-refractivity contribution < 1.29 is 0 Å². The van der Waals surface area contributed by atoms with E-state index in [2.05, 4.69) is 34.3 Å². The van der Waals surface area contributed by atoms with Gasteiger partial charge in [0, 0.05) is 37.1 Å². The molecule has 2 heterocycles. The first-order valence-electron chi connectivity index (χ1n) is 7.85. The SMILES string of the molecule is CCCNc1cc(N2CCCC3CCCC32)ccn1. The number of hydrogen-bond donors (Lipinski definition) is 1. The summed E-state index contributed by atoms with van der Waals surface area (Å²) in [4.78, 5) is 7.06. The summed E-state index contributed by atoms with van der Waals surface area (Å²) in [7, 11) is 0. The molecule has 2 atom stereocenters. The van der Waals surface area contributed by atoms with E-state index in [1.807, 2.05) is 6.20 Å². The van der Waals surface area contributed by atoms with Crippen molar-refractivity contribution in [3.05, 3.63) is 18.3 Å². The minimum atomic E-state index is 0.787. The predicted octanol–water partition coefficient (Wildman–Crippen LogP) is 3.67. The molecule has 1 aromatic heterocycles. The zero-order valence-electron chi connectivity index (χ0n) is 11.9. The molecule has 19 heavy (non-hydrogen) atoms. The smallest absolute Gasteiger partial charge is 0.127 e. The van der Waals surface area contributed by atoms with E-state index >= 15 is 0 Å². The Bertz CT molecular complexity index is 418. The van der Waals surface area contributed by atoms with Crippen molar-refractivity contribution in [2.45, 2.75) is 51.5 Å². The average Bonchev–Trinajstić information content (AvgIpc) is 2.93. The predicted molar refractivity (Wildman–Crippen MR) is 80.7 cm³/mol. The Morgan fingerprint density at radius 3 is 3.11 bits per heavy atom. The molecule has 0 radical (unpaired) electrons. The Labute approximate surface area is 116 Å². The van der Waals surface area contributed by atoms with Crippen LogP contribution in [0.5, 0.6) is 0 Å². The second-order valence-electron chi connectivity index (χ2n) is 5.92. The number of aromatic nitrogens is 1. The molecule has 1 saturated heterocycles. The van der Waals surface area contributed by atoms with Crippen LogP contribution in [0.4, 0.5) is 11.5 Å². The molecule has 2 aliphatic rings. The zero-order chi connectivity index (χ0) is 13.1. The molecular formula is C16H25N3. The largest absolute Gasteiger partial charge is 0.370 e. The second-order valence-corrected chi connectivity index (χ2v) is 5.92. The molecule has 3 heteroatoms. The molecule has 1 aliphatic heterocycles. The van der Waals surface area contributed by atoms with Gasteiger partial charge >= 0.3 is 0 Å². The summed E-state index contributed by atoms with van der Waals surface area (Å²) in [6.45, 7) is 4.41. The summed E-state index contributed by atoms with van der Waals surface area (Å²) < 4.78 is 0. The number of piperidine rings is 1. The summed E-state index contributed by atoms with van der Waals surface area (Å²) in [5.74, 6) is 1.97. The molecule has 0 bridgehead atoms. The van der Waals surface area contributed by atoms with Crippen LogP contribution in [0.2, 0.25) is 0 Å². The van der Waals surface area contributed by atoms with Crippen LogP contribution in [0.3, 0.4) is 0 Å². The fourth-order valence-electron chi connectivity index (χ4n) is 3.72. The van der Waals surface area contributed by atoms with Gasteiger partial charge in [0.2, 0.25) is 0 Å². The maximum absolute atomic E-state index is 4.42. The van der Waals surface area contributed by atoms with Crippen LogP contribution in [-0.2, 0) is 0 Å². The number of nitrogens with zero attached hydrogens (tertiary/aromatic N) is 2. The highest BCUT2D eigenvalue weighted by atomic mass is 15.2. The van der Waals surface area contributed by atoms with E-state index in [-0.39, 0.29) is 0 Å². The number of pyridine rings is 1. The van der Waals surface area contributed by atoms with Gasteiger partial charge in [0.15, 0.2) is 0 Å². The maximum Gasteiger partial charge on any atom is 0.127 e. The van der Waals surface area contributed by atoms with Crippen molar-refractivity contribution in [3.8, 4) is 0 Å². The molecule has 0 spiro atoms. The van der Waals surface area contributed by atoms with Crippen molar-refractivity contribution in [1.29, 1.82) is 0 Å². The van der Waals surface area contributed by atoms with Crippen LogP contribution in [-0.4, -0.2) is 24.1 Å². The van der Waals surface area contributed by atoms with E-state index in [0.29, 0.717) is 0 Å². The van der Waals surface area contributed by atoms with Gasteiger partial charge in [-0.25, -0.2) is 4.98 Å². The first-order valence-corrected chi connectivity index (χ1v) is 7.85. The lowest BCUT2D eigenvalue weighted by Gasteiger charge is -2.39. The Morgan fingerprint density at radius 2 is 2.21 bits per heavy atom. The first kappa shape index (κ1) is 12.8. The molecule has 2 fully saturated rings. The number of rotatable bonds is 4. The zero-order valence-corrected chi connectivity index (χ0v) is 11.9. The third kappa shape index (κ3) is 2.70. The van der Waals surface area contributed by atoms with Gasteiger partial charge < -0.3 is 10.2 Å². The first-order chi connectivity index (χ1) is 9.38. The van der Waals surface area contributed by atoms with Gasteiger partial charge in [0.05, 0.1) is 0 Å². The van der Waals surface area contributed by atoms with E-state index < -0.39 is 0 Å². The van der Waals surface area contributed by atoms with E-state index in [1.54, 1.807) is 0 Å². The minimum Gasteiger partial charge on any atom is -0.370 e. The van der Waals surface area contributed by atoms with E-state index in [1.165, 1.54) is 44.3 Å². The van der Waals surface area contributed by atoms with Crippen molar-refractivity contribution in [1.82, 2.24) is 4.98 Å². The molecule has 1 aliphatic carbocycles. The monoisotopic (exact) mass is 259 g/mol. The van der Waals surface area contributed by atoms with Gasteiger partial charge in [0.25, 0.3) is 0 Å². The van der Waals surface area contributed by atoms with E-state index in [9.17, 15) is 0 Å². The van der Waals surface area contributed by atoms with Crippen LogP contribution in [0.25, 0.3) is 0 Å². The molecule has 2 unspecified atom stereocenters. The summed E-state index contributed by atoms with van der Waals surface area (Å²) in [5.41, 5.74) is 1.37. The van der Waals surface area contributed by atoms with Gasteiger partial charge in [-0.3, -0.25) is 0 Å². The molecule has 0 amide bonds. The Hall–Kier alpha value is -1.25. The van der Waals surface area contributed by atoms with Crippen molar-refractivity contribution in [2.75, 3.05) is 23.3 Å². The van der Waals surface area contributed by atoms with E-state index in [4.69, 9.17) is 0 Å². The van der Waals surface area contributed by atoms with Crippen LogP contribution < -0.4 is 10.2 Å². The number of nitrogens with one attached hydrogen (secondary N) is 1. The second kappa shape index (κ2) is 5.81. The normalized spacial score (nSPS) is 26.3. The van der Waals surface area contributed by atoms with Gasteiger partial charge in [-0.15, -0.1) is 0 Å². The molecule has 3 nitrogen and oxygen atoms in total. The van der Waals surface area contributed by atoms with Crippen molar-refractivity contribution in [3.63, 3.8) is 0 Å². The quantitative estimate of drug-likeness (QED) is 0.894. The topological polar surface area (TPSA) is 28.2 Å². The lowest BCUT2D eigenvalue weighted by atomic mass is 9.91. The molecule has 1 aromatic rings. The Balaban J connectivity index is 1.76. The lowest BCUT2D eigenvalue weighted by molar-refractivity contribution is 0.362. The van der Waals surface area contributed by atoms with Crippen LogP contribution in [0.1, 0.15) is 45.4 Å². The Morgan fingerprint density at radius 1 is 1.32 bits per heavy atom. The standard InChI is InChI=1S/C16H25N3/c1-2-9-17-16-12-14(8-10-18-16)19-11-4-6-13-5-3-7-15(13)19/h8,10,12-13,15H,2-7,9,11H2,1H3,(H,17,18). The molecule has 0 aromatic carbocycles. The lowest BCUT2D eigenvalue weighted by Crippen LogP contribution is -2.42. The highest BCUT2D eigenvalue weighted by molar-refractivity contribution is 5.55. The third-order valence-electron chi connectivity index (χ3n) is 4.62. The maximum atomic E-state index is 4.42. The highest BCUT2D eigenvalue weighted by Crippen LogP contribution is 2.39. The molecule has 1 saturated carbocycles. The van der Waals surface area contributed by atoms with Crippen molar-refractivity contribution in [2.24, 2.45) is 5.92 Å². The fraction of sp³-hybridized carbons (Fsp3) is 0.688. The summed E-state index contributed by atoms with van der Waals surface area (Å²) >= 11 is 0. The highest BCUT2D eigenvalue weighted by Gasteiger charge is 2.35. The summed E-state index contributed by atoms with van der Waals surface area (Å²) in [6.07, 6.45) is 10.1. The third-order valence-corrected chi connectivity index (χ3v) is 4.62. The number of hydrogen-bond acceptors (Lipinski definition) is 3. The van der Waals surface area contributed by atoms with Crippen LogP contribution in [0.15, 0.2) is 18.3 Å². The summed E-state index contributed by atoms with van der Waals surface area (Å²) in [6, 6.07) is 5.20. The van der Waals surface area contributed by atoms with Gasteiger partial charge in [-0.05, 0) is 44.1 Å². The summed E-state index contributed by atoms with van der Waals surface area (Å²) in [5, 5.41) is 3.40. The minimum absolute atomic E-state index is 0.787. The van der Waals surface area contributed by atoms with Crippen molar-refractivity contribution >= 4 is 11.5 Å². The Kier molecular flexibility index (Phi) is 3.90. The van der Waals surface area contributed by atoms with Crippen LogP contribution >= 0.6 is 0 Å². The van der Waals surface area contributed by atoms with Gasteiger partial charge in [0.1, 0.15) is 5.82 Å². The molecule has 3 rings (SSSR count). The number of fused-ring (bicyclic) bond motifs is 1. The van der Waals surface area contributed by atoms with E-state index in [0.717, 1.165) is 30.7 Å². The number of anilines is 2. The van der Waals surface area contributed by atoms with Gasteiger partial charge in [-0.2, -0.15) is 0 Å². The molecule has 104 valence electrons. The molecular weight excluding hydrogens is 234 g/mol. The van der Waals surface area contributed by atoms with Crippen LogP contribution in [0, 0.1) is 5.92 Å². The van der Waals surface area contributed by atoms with Gasteiger partial charge in [-0.1, -0.05) is 13.3 Å². The average molecular weight is 259 g/mol. The molecule has 1 N–H and O–H groups in total. The fourth-order valence-corrected chi connectivity index (χ4v) is 3.72.